The lowest BCUT2D eigenvalue weighted by atomic mass is 9.85. The maximum atomic E-state index is 12.8. The Morgan fingerprint density at radius 1 is 1.12 bits per heavy atom. The number of carbonyl (C=O) groups excluding carboxylic acids is 2. The highest BCUT2D eigenvalue weighted by Crippen LogP contribution is 2.73. The van der Waals surface area contributed by atoms with Crippen LogP contribution in [-0.4, -0.2) is 28.1 Å². The van der Waals surface area contributed by atoms with Crippen molar-refractivity contribution in [3.05, 3.63) is 37.0 Å². The van der Waals surface area contributed by atoms with E-state index in [0.717, 1.165) is 21.4 Å². The fourth-order valence-electron chi connectivity index (χ4n) is 4.98. The smallest absolute Gasteiger partial charge is 0.254 e. The molecule has 0 aromatic heterocycles. The quantitative estimate of drug-likeness (QED) is 0.262. The number of phenols is 1. The molecule has 25 heavy (non-hydrogen) atoms. The first-order chi connectivity index (χ1) is 11.9. The molecule has 128 valence electrons. The summed E-state index contributed by atoms with van der Waals surface area (Å²) in [5.74, 6) is -0.345. The summed E-state index contributed by atoms with van der Waals surface area (Å²) in [5.41, 5.74) is 0.703. The van der Waals surface area contributed by atoms with Crippen molar-refractivity contribution in [3.8, 4) is 5.75 Å². The molecular formula is C18H14I2N2O3. The molecule has 0 unspecified atom stereocenters. The van der Waals surface area contributed by atoms with Gasteiger partial charge < -0.3 is 5.11 Å². The molecule has 7 heteroatoms. The number of imide groups is 1. The maximum absolute atomic E-state index is 12.8. The standard InChI is InChI=1S/C18H14I2N2O3/c19-9-5-8(15(23)12(20)6-9)7-21-22-16(24)13-10-1-2-11(14(13)17(22)25)18(10)3-4-18/h1-2,5-7,10-11,13-14,23H,3-4H2/b21-7-/t10-,11-,13-,14-/m1/s1. The van der Waals surface area contributed by atoms with Crippen molar-refractivity contribution >= 4 is 63.2 Å². The van der Waals surface area contributed by atoms with Crippen molar-refractivity contribution in [2.24, 2.45) is 34.2 Å². The van der Waals surface area contributed by atoms with E-state index in [1.807, 2.05) is 28.7 Å². The van der Waals surface area contributed by atoms with Gasteiger partial charge in [-0.2, -0.15) is 10.1 Å². The number of nitrogens with zero attached hydrogens (tertiary/aromatic N) is 2. The highest BCUT2D eigenvalue weighted by Gasteiger charge is 2.73. The van der Waals surface area contributed by atoms with Crippen molar-refractivity contribution in [2.45, 2.75) is 12.8 Å². The minimum Gasteiger partial charge on any atom is -0.506 e. The topological polar surface area (TPSA) is 70.0 Å². The summed E-state index contributed by atoms with van der Waals surface area (Å²) in [6.07, 6.45) is 7.95. The van der Waals surface area contributed by atoms with Crippen LogP contribution in [0.4, 0.5) is 0 Å². The molecule has 2 bridgehead atoms. The number of allylic oxidation sites excluding steroid dienone is 2. The second kappa shape index (κ2) is 5.28. The highest BCUT2D eigenvalue weighted by molar-refractivity contribution is 14.1. The van der Waals surface area contributed by atoms with Gasteiger partial charge in [0.05, 0.1) is 21.6 Å². The summed E-state index contributed by atoms with van der Waals surface area (Å²) in [6.45, 7) is 0. The van der Waals surface area contributed by atoms with E-state index in [1.165, 1.54) is 6.21 Å². The summed E-state index contributed by atoms with van der Waals surface area (Å²) in [5, 5.41) is 15.4. The first kappa shape index (κ1) is 16.2. The molecule has 4 aliphatic rings. The second-order valence-corrected chi connectivity index (χ2v) is 9.69. The number of hydrogen-bond donors (Lipinski definition) is 1. The number of benzene rings is 1. The number of halogens is 2. The van der Waals surface area contributed by atoms with E-state index in [0.29, 0.717) is 9.13 Å². The van der Waals surface area contributed by atoms with E-state index < -0.39 is 0 Å². The van der Waals surface area contributed by atoms with Gasteiger partial charge in [-0.25, -0.2) is 0 Å². The number of hydrazone groups is 1. The van der Waals surface area contributed by atoms with E-state index in [4.69, 9.17) is 0 Å². The van der Waals surface area contributed by atoms with Crippen LogP contribution in [0.3, 0.4) is 0 Å². The van der Waals surface area contributed by atoms with Crippen LogP contribution in [0, 0.1) is 36.2 Å². The first-order valence-electron chi connectivity index (χ1n) is 8.22. The number of carbonyl (C=O) groups is 2. The molecule has 1 aromatic rings. The Hall–Kier alpha value is -0.970. The van der Waals surface area contributed by atoms with Crippen molar-refractivity contribution in [3.63, 3.8) is 0 Å². The van der Waals surface area contributed by atoms with Gasteiger partial charge in [0.15, 0.2) is 0 Å². The van der Waals surface area contributed by atoms with Crippen molar-refractivity contribution in [1.82, 2.24) is 5.01 Å². The Kier molecular flexibility index (Phi) is 3.42. The van der Waals surface area contributed by atoms with Gasteiger partial charge in [0.1, 0.15) is 5.75 Å². The molecule has 5 rings (SSSR count). The third-order valence-electron chi connectivity index (χ3n) is 6.20. The molecule has 5 nitrogen and oxygen atoms in total. The molecule has 1 heterocycles. The Morgan fingerprint density at radius 3 is 2.28 bits per heavy atom. The lowest BCUT2D eigenvalue weighted by Gasteiger charge is -2.18. The maximum Gasteiger partial charge on any atom is 0.254 e. The largest absolute Gasteiger partial charge is 0.506 e. The Morgan fingerprint density at radius 2 is 1.72 bits per heavy atom. The predicted octanol–water partition coefficient (Wildman–Crippen LogP) is 3.13. The van der Waals surface area contributed by atoms with Crippen LogP contribution in [0.15, 0.2) is 29.4 Å². The number of hydrogen-bond acceptors (Lipinski definition) is 4. The van der Waals surface area contributed by atoms with Crippen LogP contribution in [0.2, 0.25) is 0 Å². The molecule has 1 N–H and O–H groups in total. The van der Waals surface area contributed by atoms with Gasteiger partial charge in [-0.15, -0.1) is 0 Å². The number of rotatable bonds is 2. The number of amides is 2. The van der Waals surface area contributed by atoms with Crippen LogP contribution < -0.4 is 0 Å². The van der Waals surface area contributed by atoms with Crippen LogP contribution >= 0.6 is 45.2 Å². The Balaban J connectivity index is 1.46. The van der Waals surface area contributed by atoms with E-state index in [-0.39, 0.29) is 46.7 Å². The molecular weight excluding hydrogens is 546 g/mol. The van der Waals surface area contributed by atoms with Crippen LogP contribution in [0.5, 0.6) is 5.75 Å². The predicted molar refractivity (Wildman–Crippen MR) is 108 cm³/mol. The van der Waals surface area contributed by atoms with E-state index in [2.05, 4.69) is 39.8 Å². The van der Waals surface area contributed by atoms with E-state index >= 15 is 0 Å². The highest BCUT2D eigenvalue weighted by atomic mass is 127. The molecule has 1 saturated heterocycles. The van der Waals surface area contributed by atoms with Gasteiger partial charge >= 0.3 is 0 Å². The Bertz CT molecular complexity index is 857. The summed E-state index contributed by atoms with van der Waals surface area (Å²) in [6, 6.07) is 3.63. The SMILES string of the molecule is O=C1[C@H]2[C@H](C(=O)N1/N=C\c1cc(I)cc(I)c1O)[C@H]1C=C[C@H]2C12CC2. The second-order valence-electron chi connectivity index (χ2n) is 7.28. The monoisotopic (exact) mass is 560 g/mol. The lowest BCUT2D eigenvalue weighted by Crippen LogP contribution is -2.30. The van der Waals surface area contributed by atoms with Gasteiger partial charge in [0.25, 0.3) is 11.8 Å². The molecule has 3 fully saturated rings. The minimum atomic E-state index is -0.244. The zero-order valence-corrected chi connectivity index (χ0v) is 17.3. The zero-order chi connectivity index (χ0) is 17.5. The summed E-state index contributed by atoms with van der Waals surface area (Å²) < 4.78 is 1.66. The molecule has 2 saturated carbocycles. The van der Waals surface area contributed by atoms with Gasteiger partial charge in [0, 0.05) is 9.13 Å². The van der Waals surface area contributed by atoms with Crippen molar-refractivity contribution in [1.29, 1.82) is 0 Å². The Labute approximate surface area is 171 Å². The van der Waals surface area contributed by atoms with Crippen molar-refractivity contribution in [2.75, 3.05) is 0 Å². The fraction of sp³-hybridized carbons (Fsp3) is 0.389. The van der Waals surface area contributed by atoms with Gasteiger partial charge in [-0.05, 0) is 87.4 Å². The first-order valence-corrected chi connectivity index (χ1v) is 10.4. The average molecular weight is 560 g/mol. The fourth-order valence-corrected chi connectivity index (χ4v) is 6.87. The molecule has 0 radical (unpaired) electrons. The zero-order valence-electron chi connectivity index (χ0n) is 13.0. The third kappa shape index (κ3) is 2.08. The molecule has 4 atom stereocenters. The third-order valence-corrected chi connectivity index (χ3v) is 7.64. The summed E-state index contributed by atoms with van der Waals surface area (Å²) in [7, 11) is 0. The number of phenolic OH excluding ortho intramolecular Hbond substituents is 1. The summed E-state index contributed by atoms with van der Waals surface area (Å²) >= 11 is 4.20. The normalized spacial score (nSPS) is 33.9. The lowest BCUT2D eigenvalue weighted by molar-refractivity contribution is -0.141. The van der Waals surface area contributed by atoms with Gasteiger partial charge in [-0.3, -0.25) is 9.59 Å². The molecule has 1 aromatic carbocycles. The van der Waals surface area contributed by atoms with Crippen LogP contribution in [-0.2, 0) is 9.59 Å². The summed E-state index contributed by atoms with van der Waals surface area (Å²) in [4.78, 5) is 25.7. The average Bonchev–Trinajstić information content (AvgIpc) is 3.17. The van der Waals surface area contributed by atoms with Crippen LogP contribution in [0.1, 0.15) is 18.4 Å². The molecule has 1 aliphatic heterocycles. The van der Waals surface area contributed by atoms with Gasteiger partial charge in [-0.1, -0.05) is 12.2 Å². The molecule has 1 spiro atoms. The molecule has 3 aliphatic carbocycles. The number of fused-ring (bicyclic) bond motifs is 3. The van der Waals surface area contributed by atoms with Gasteiger partial charge in [0.2, 0.25) is 0 Å². The molecule has 2 amide bonds. The van der Waals surface area contributed by atoms with Crippen molar-refractivity contribution < 1.29 is 14.7 Å². The minimum absolute atomic E-state index is 0.114. The van der Waals surface area contributed by atoms with Crippen LogP contribution in [0.25, 0.3) is 0 Å². The van der Waals surface area contributed by atoms with E-state index in [9.17, 15) is 14.7 Å². The number of aromatic hydroxyl groups is 1. The van der Waals surface area contributed by atoms with E-state index in [1.54, 1.807) is 6.07 Å².